The molecular formula is C19H17NO3. The van der Waals surface area contributed by atoms with E-state index in [4.69, 9.17) is 4.74 Å². The number of pyridine rings is 1. The van der Waals surface area contributed by atoms with Crippen molar-refractivity contribution in [3.63, 3.8) is 0 Å². The zero-order chi connectivity index (χ0) is 16.4. The highest BCUT2D eigenvalue weighted by atomic mass is 16.5. The summed E-state index contributed by atoms with van der Waals surface area (Å²) in [5.74, 6) is -0.363. The molecule has 1 unspecified atom stereocenters. The Labute approximate surface area is 134 Å². The summed E-state index contributed by atoms with van der Waals surface area (Å²) in [5.41, 5.74) is 0.866. The molecule has 0 spiro atoms. The Kier molecular flexibility index (Phi) is 3.84. The number of aliphatic hydroxyl groups is 1. The highest BCUT2D eigenvalue weighted by Crippen LogP contribution is 2.31. The van der Waals surface area contributed by atoms with Gasteiger partial charge in [-0.05, 0) is 47.5 Å². The molecule has 0 saturated heterocycles. The van der Waals surface area contributed by atoms with E-state index in [1.54, 1.807) is 37.5 Å². The molecule has 1 N–H and O–H groups in total. The number of hydrogen-bond donors (Lipinski definition) is 1. The number of aromatic nitrogens is 1. The number of rotatable bonds is 3. The van der Waals surface area contributed by atoms with Crippen LogP contribution < -0.4 is 0 Å². The van der Waals surface area contributed by atoms with E-state index in [0.29, 0.717) is 5.56 Å². The van der Waals surface area contributed by atoms with Crippen LogP contribution >= 0.6 is 0 Å². The van der Waals surface area contributed by atoms with Gasteiger partial charge in [0.05, 0.1) is 12.7 Å². The summed E-state index contributed by atoms with van der Waals surface area (Å²) in [5, 5.41) is 12.7. The topological polar surface area (TPSA) is 59.4 Å². The Morgan fingerprint density at radius 3 is 2.52 bits per heavy atom. The van der Waals surface area contributed by atoms with E-state index in [9.17, 15) is 9.90 Å². The van der Waals surface area contributed by atoms with Crippen LogP contribution in [-0.4, -0.2) is 23.2 Å². The summed E-state index contributed by atoms with van der Waals surface area (Å²) in [7, 11) is 1.36. The van der Waals surface area contributed by atoms with Gasteiger partial charge >= 0.3 is 5.97 Å². The molecule has 0 aliphatic heterocycles. The molecule has 23 heavy (non-hydrogen) atoms. The molecule has 3 aromatic rings. The van der Waals surface area contributed by atoms with Crippen molar-refractivity contribution in [2.24, 2.45) is 0 Å². The lowest BCUT2D eigenvalue weighted by atomic mass is 9.88. The zero-order valence-corrected chi connectivity index (χ0v) is 13.0. The SMILES string of the molecule is COC(=O)c1ccc2cc(C(C)(O)c3cccnc3)ccc2c1. The summed E-state index contributed by atoms with van der Waals surface area (Å²) in [4.78, 5) is 15.7. The molecule has 0 aliphatic carbocycles. The first kappa shape index (κ1) is 15.2. The lowest BCUT2D eigenvalue weighted by Gasteiger charge is -2.24. The molecule has 0 amide bonds. The van der Waals surface area contributed by atoms with E-state index in [-0.39, 0.29) is 5.97 Å². The Morgan fingerprint density at radius 2 is 1.83 bits per heavy atom. The van der Waals surface area contributed by atoms with Crippen molar-refractivity contribution in [3.8, 4) is 0 Å². The van der Waals surface area contributed by atoms with Crippen molar-refractivity contribution in [2.45, 2.75) is 12.5 Å². The van der Waals surface area contributed by atoms with Crippen molar-refractivity contribution in [1.82, 2.24) is 4.98 Å². The number of nitrogens with zero attached hydrogens (tertiary/aromatic N) is 1. The van der Waals surface area contributed by atoms with Gasteiger partial charge in [-0.3, -0.25) is 4.98 Å². The molecule has 4 nitrogen and oxygen atoms in total. The van der Waals surface area contributed by atoms with E-state index in [2.05, 4.69) is 4.98 Å². The van der Waals surface area contributed by atoms with Gasteiger partial charge in [0.1, 0.15) is 5.60 Å². The fraction of sp³-hybridized carbons (Fsp3) is 0.158. The molecule has 0 radical (unpaired) electrons. The van der Waals surface area contributed by atoms with Gasteiger partial charge in [0.25, 0.3) is 0 Å². The number of esters is 1. The van der Waals surface area contributed by atoms with Gasteiger partial charge in [0.2, 0.25) is 0 Å². The molecule has 0 aliphatic rings. The largest absolute Gasteiger partial charge is 0.465 e. The lowest BCUT2D eigenvalue weighted by molar-refractivity contribution is 0.0601. The average Bonchev–Trinajstić information content (AvgIpc) is 2.60. The van der Waals surface area contributed by atoms with E-state index in [1.165, 1.54) is 7.11 Å². The third-order valence-electron chi connectivity index (χ3n) is 4.05. The van der Waals surface area contributed by atoms with Gasteiger partial charge < -0.3 is 9.84 Å². The standard InChI is InChI=1S/C19H17NO3/c1-19(22,17-4-3-9-20-12-17)16-8-7-13-10-15(18(21)23-2)6-5-14(13)11-16/h3-12,22H,1-2H3. The van der Waals surface area contributed by atoms with Crippen molar-refractivity contribution < 1.29 is 14.6 Å². The number of carbonyl (C=O) groups is 1. The number of fused-ring (bicyclic) bond motifs is 1. The Balaban J connectivity index is 2.05. The minimum atomic E-state index is -1.14. The van der Waals surface area contributed by atoms with Crippen LogP contribution in [0.4, 0.5) is 0 Å². The highest BCUT2D eigenvalue weighted by molar-refractivity contribution is 5.95. The number of ether oxygens (including phenoxy) is 1. The molecule has 0 saturated carbocycles. The minimum Gasteiger partial charge on any atom is -0.465 e. The summed E-state index contributed by atoms with van der Waals surface area (Å²) >= 11 is 0. The average molecular weight is 307 g/mol. The van der Waals surface area contributed by atoms with Gasteiger partial charge in [-0.2, -0.15) is 0 Å². The second kappa shape index (κ2) is 5.82. The van der Waals surface area contributed by atoms with Crippen LogP contribution in [0, 0.1) is 0 Å². The van der Waals surface area contributed by atoms with E-state index < -0.39 is 5.60 Å². The molecule has 1 atom stereocenters. The predicted molar refractivity (Wildman–Crippen MR) is 88.2 cm³/mol. The van der Waals surface area contributed by atoms with Crippen LogP contribution in [0.5, 0.6) is 0 Å². The van der Waals surface area contributed by atoms with Gasteiger partial charge in [-0.1, -0.05) is 24.3 Å². The first-order valence-corrected chi connectivity index (χ1v) is 7.28. The highest BCUT2D eigenvalue weighted by Gasteiger charge is 2.26. The van der Waals surface area contributed by atoms with Crippen LogP contribution in [0.2, 0.25) is 0 Å². The smallest absolute Gasteiger partial charge is 0.337 e. The Bertz CT molecular complexity index is 857. The second-order valence-electron chi connectivity index (χ2n) is 5.58. The van der Waals surface area contributed by atoms with Crippen LogP contribution in [0.3, 0.4) is 0 Å². The molecule has 1 aromatic heterocycles. The number of benzene rings is 2. The van der Waals surface area contributed by atoms with Crippen LogP contribution in [0.1, 0.15) is 28.4 Å². The second-order valence-corrected chi connectivity index (χ2v) is 5.58. The molecular weight excluding hydrogens is 290 g/mol. The van der Waals surface area contributed by atoms with E-state index >= 15 is 0 Å². The summed E-state index contributed by atoms with van der Waals surface area (Å²) in [6.45, 7) is 1.74. The maximum absolute atomic E-state index is 11.6. The molecule has 3 rings (SSSR count). The lowest BCUT2D eigenvalue weighted by Crippen LogP contribution is -2.22. The van der Waals surface area contributed by atoms with Crippen LogP contribution in [0.25, 0.3) is 10.8 Å². The Hall–Kier alpha value is -2.72. The van der Waals surface area contributed by atoms with Gasteiger partial charge in [0.15, 0.2) is 0 Å². The van der Waals surface area contributed by atoms with Gasteiger partial charge in [-0.25, -0.2) is 4.79 Å². The third kappa shape index (κ3) is 2.81. The zero-order valence-electron chi connectivity index (χ0n) is 13.0. The van der Waals surface area contributed by atoms with E-state index in [1.807, 2.05) is 30.3 Å². The molecule has 0 fully saturated rings. The van der Waals surface area contributed by atoms with Crippen LogP contribution in [0.15, 0.2) is 60.9 Å². The molecule has 0 bridgehead atoms. The number of methoxy groups -OCH3 is 1. The van der Waals surface area contributed by atoms with Crippen molar-refractivity contribution in [2.75, 3.05) is 7.11 Å². The van der Waals surface area contributed by atoms with Gasteiger partial charge in [-0.15, -0.1) is 0 Å². The predicted octanol–water partition coefficient (Wildman–Crippen LogP) is 3.28. The van der Waals surface area contributed by atoms with Crippen molar-refractivity contribution in [1.29, 1.82) is 0 Å². The minimum absolute atomic E-state index is 0.363. The first-order valence-electron chi connectivity index (χ1n) is 7.28. The van der Waals surface area contributed by atoms with Crippen LogP contribution in [-0.2, 0) is 10.3 Å². The Morgan fingerprint density at radius 1 is 1.09 bits per heavy atom. The van der Waals surface area contributed by atoms with Crippen molar-refractivity contribution >= 4 is 16.7 Å². The maximum Gasteiger partial charge on any atom is 0.337 e. The fourth-order valence-corrected chi connectivity index (χ4v) is 2.61. The summed E-state index contributed by atoms with van der Waals surface area (Å²) in [6, 6.07) is 14.7. The molecule has 1 heterocycles. The molecule has 116 valence electrons. The fourth-order valence-electron chi connectivity index (χ4n) is 2.61. The number of hydrogen-bond acceptors (Lipinski definition) is 4. The quantitative estimate of drug-likeness (QED) is 0.754. The van der Waals surface area contributed by atoms with Crippen molar-refractivity contribution in [3.05, 3.63) is 77.6 Å². The van der Waals surface area contributed by atoms with Gasteiger partial charge in [0, 0.05) is 18.0 Å². The van der Waals surface area contributed by atoms with E-state index in [0.717, 1.165) is 21.9 Å². The first-order chi connectivity index (χ1) is 11.0. The third-order valence-corrected chi connectivity index (χ3v) is 4.05. The molecule has 2 aromatic carbocycles. The summed E-state index contributed by atoms with van der Waals surface area (Å²) in [6.07, 6.45) is 3.33. The monoisotopic (exact) mass is 307 g/mol. The number of carbonyl (C=O) groups excluding carboxylic acids is 1. The normalized spacial score (nSPS) is 13.5. The summed E-state index contributed by atoms with van der Waals surface area (Å²) < 4.78 is 4.74. The maximum atomic E-state index is 11.6. The molecule has 4 heteroatoms.